The summed E-state index contributed by atoms with van der Waals surface area (Å²) in [6, 6.07) is 3.65. The Kier molecular flexibility index (Phi) is 4.26. The molecule has 1 aromatic heterocycles. The Labute approximate surface area is 126 Å². The summed E-state index contributed by atoms with van der Waals surface area (Å²) in [5.74, 6) is 0. The van der Waals surface area contributed by atoms with E-state index in [1.54, 1.807) is 22.6 Å². The molecule has 116 valence electrons. The van der Waals surface area contributed by atoms with Crippen LogP contribution in [0.1, 0.15) is 24.8 Å². The quantitative estimate of drug-likeness (QED) is 0.871. The lowest BCUT2D eigenvalue weighted by molar-refractivity contribution is 0.251. The molecule has 3 rings (SSSR count). The first-order chi connectivity index (χ1) is 10.1. The molecule has 3 heterocycles. The van der Waals surface area contributed by atoms with Crippen LogP contribution in [0, 0.1) is 0 Å². The van der Waals surface area contributed by atoms with E-state index >= 15 is 0 Å². The predicted octanol–water partition coefficient (Wildman–Crippen LogP) is 0.399. The molecule has 0 radical (unpaired) electrons. The van der Waals surface area contributed by atoms with E-state index < -0.39 is 10.0 Å². The Morgan fingerprint density at radius 1 is 1.24 bits per heavy atom. The summed E-state index contributed by atoms with van der Waals surface area (Å²) in [6.45, 7) is 3.74. The lowest BCUT2D eigenvalue weighted by atomic mass is 10.2. The largest absolute Gasteiger partial charge is 0.326 e. The van der Waals surface area contributed by atoms with E-state index in [9.17, 15) is 8.42 Å². The average Bonchev–Trinajstić information content (AvgIpc) is 3.18. The fraction of sp³-hybridized carbons (Fsp3) is 0.643. The minimum atomic E-state index is -3.47. The van der Waals surface area contributed by atoms with Gasteiger partial charge in [0.15, 0.2) is 5.03 Å². The molecule has 0 aliphatic carbocycles. The zero-order chi connectivity index (χ0) is 14.9. The molecule has 0 aromatic carbocycles. The van der Waals surface area contributed by atoms with Crippen LogP contribution >= 0.6 is 0 Å². The monoisotopic (exact) mass is 310 g/mol. The number of hydrogen-bond donors (Lipinski definition) is 1. The normalized spacial score (nSPS) is 24.7. The molecular formula is C14H22N4O2S. The van der Waals surface area contributed by atoms with Crippen molar-refractivity contribution < 1.29 is 8.42 Å². The molecule has 7 heteroatoms. The van der Waals surface area contributed by atoms with Gasteiger partial charge in [-0.15, -0.1) is 0 Å². The van der Waals surface area contributed by atoms with Crippen LogP contribution in [0.2, 0.25) is 0 Å². The molecule has 1 unspecified atom stereocenters. The number of aromatic nitrogens is 1. The third-order valence-corrected chi connectivity index (χ3v) is 6.20. The van der Waals surface area contributed by atoms with Crippen molar-refractivity contribution in [2.75, 3.05) is 26.2 Å². The minimum Gasteiger partial charge on any atom is -0.326 e. The zero-order valence-corrected chi connectivity index (χ0v) is 12.9. The number of nitrogens with two attached hydrogens (primary N) is 1. The highest BCUT2D eigenvalue weighted by molar-refractivity contribution is 7.89. The lowest BCUT2D eigenvalue weighted by Crippen LogP contribution is -2.37. The van der Waals surface area contributed by atoms with E-state index in [-0.39, 0.29) is 5.03 Å². The lowest BCUT2D eigenvalue weighted by Gasteiger charge is -2.23. The van der Waals surface area contributed by atoms with Crippen LogP contribution in [0.5, 0.6) is 0 Å². The molecule has 2 fully saturated rings. The van der Waals surface area contributed by atoms with Crippen LogP contribution in [0.3, 0.4) is 0 Å². The van der Waals surface area contributed by atoms with E-state index in [4.69, 9.17) is 5.73 Å². The van der Waals surface area contributed by atoms with Gasteiger partial charge in [0.1, 0.15) is 0 Å². The molecule has 0 amide bonds. The molecule has 1 aromatic rings. The van der Waals surface area contributed by atoms with Crippen LogP contribution < -0.4 is 5.73 Å². The van der Waals surface area contributed by atoms with Crippen molar-refractivity contribution in [3.05, 3.63) is 23.9 Å². The van der Waals surface area contributed by atoms with E-state index in [0.717, 1.165) is 25.1 Å². The summed E-state index contributed by atoms with van der Waals surface area (Å²) < 4.78 is 26.8. The number of rotatable bonds is 4. The summed E-state index contributed by atoms with van der Waals surface area (Å²) in [5, 5.41) is 0.127. The van der Waals surface area contributed by atoms with Crippen LogP contribution in [-0.2, 0) is 16.6 Å². The Balaban J connectivity index is 1.72. The van der Waals surface area contributed by atoms with E-state index in [1.807, 2.05) is 0 Å². The van der Waals surface area contributed by atoms with Crippen molar-refractivity contribution in [1.82, 2.24) is 14.2 Å². The molecule has 6 nitrogen and oxygen atoms in total. The first-order valence-electron chi connectivity index (χ1n) is 7.50. The van der Waals surface area contributed by atoms with Crippen molar-refractivity contribution in [1.29, 1.82) is 0 Å². The van der Waals surface area contributed by atoms with Crippen molar-refractivity contribution >= 4 is 10.0 Å². The fourth-order valence-electron chi connectivity index (χ4n) is 3.15. The molecule has 2 N–H and O–H groups in total. The number of nitrogens with zero attached hydrogens (tertiary/aromatic N) is 3. The fourth-order valence-corrected chi connectivity index (χ4v) is 4.55. The van der Waals surface area contributed by atoms with Gasteiger partial charge in [0.05, 0.1) is 0 Å². The molecule has 2 saturated heterocycles. The second-order valence-corrected chi connectivity index (χ2v) is 7.64. The number of hydrogen-bond acceptors (Lipinski definition) is 5. The standard InChI is InChI=1S/C14H22N4O2S/c15-9-12-3-4-14(16-10-12)21(19,20)18-8-5-13(11-18)17-6-1-2-7-17/h3-4,10,13H,1-2,5-9,11,15H2. The second-order valence-electron chi connectivity index (χ2n) is 5.76. The summed E-state index contributed by atoms with van der Waals surface area (Å²) in [7, 11) is -3.47. The van der Waals surface area contributed by atoms with Crippen LogP contribution in [-0.4, -0.2) is 54.8 Å². The van der Waals surface area contributed by atoms with E-state index in [1.165, 1.54) is 12.8 Å². The summed E-state index contributed by atoms with van der Waals surface area (Å²) in [4.78, 5) is 6.48. The van der Waals surface area contributed by atoms with Gasteiger partial charge in [-0.3, -0.25) is 4.90 Å². The molecule has 0 spiro atoms. The van der Waals surface area contributed by atoms with Crippen molar-refractivity contribution in [3.63, 3.8) is 0 Å². The molecule has 0 bridgehead atoms. The van der Waals surface area contributed by atoms with Crippen molar-refractivity contribution in [2.45, 2.75) is 36.9 Å². The molecule has 1 atom stereocenters. The Morgan fingerprint density at radius 3 is 2.62 bits per heavy atom. The van der Waals surface area contributed by atoms with Gasteiger partial charge >= 0.3 is 0 Å². The van der Waals surface area contributed by atoms with Crippen LogP contribution in [0.25, 0.3) is 0 Å². The Hall–Kier alpha value is -1.02. The smallest absolute Gasteiger partial charge is 0.260 e. The van der Waals surface area contributed by atoms with Gasteiger partial charge < -0.3 is 5.73 Å². The minimum absolute atomic E-state index is 0.127. The zero-order valence-electron chi connectivity index (χ0n) is 12.1. The number of pyridine rings is 1. The number of likely N-dealkylation sites (tertiary alicyclic amines) is 1. The van der Waals surface area contributed by atoms with Gasteiger partial charge in [-0.2, -0.15) is 4.31 Å². The maximum Gasteiger partial charge on any atom is 0.260 e. The first kappa shape index (κ1) is 14.9. The molecule has 21 heavy (non-hydrogen) atoms. The summed E-state index contributed by atoms with van der Waals surface area (Å²) >= 11 is 0. The Bertz CT molecular complexity index is 581. The highest BCUT2D eigenvalue weighted by atomic mass is 32.2. The van der Waals surface area contributed by atoms with Gasteiger partial charge in [-0.05, 0) is 44.0 Å². The van der Waals surface area contributed by atoms with Crippen molar-refractivity contribution in [3.8, 4) is 0 Å². The van der Waals surface area contributed by atoms with Gasteiger partial charge in [0.25, 0.3) is 10.0 Å². The molecule has 0 saturated carbocycles. The average molecular weight is 310 g/mol. The molecule has 2 aliphatic rings. The third kappa shape index (κ3) is 2.96. The molecular weight excluding hydrogens is 288 g/mol. The first-order valence-corrected chi connectivity index (χ1v) is 8.94. The van der Waals surface area contributed by atoms with Gasteiger partial charge in [0.2, 0.25) is 0 Å². The highest BCUT2D eigenvalue weighted by Crippen LogP contribution is 2.25. The van der Waals surface area contributed by atoms with Crippen LogP contribution in [0.4, 0.5) is 0 Å². The number of sulfonamides is 1. The van der Waals surface area contributed by atoms with E-state index in [0.29, 0.717) is 25.7 Å². The second kappa shape index (κ2) is 6.00. The molecule has 2 aliphatic heterocycles. The van der Waals surface area contributed by atoms with Crippen LogP contribution in [0.15, 0.2) is 23.4 Å². The maximum atomic E-state index is 12.6. The third-order valence-electron chi connectivity index (χ3n) is 4.42. The highest BCUT2D eigenvalue weighted by Gasteiger charge is 2.36. The van der Waals surface area contributed by atoms with Gasteiger partial charge in [-0.1, -0.05) is 6.07 Å². The van der Waals surface area contributed by atoms with E-state index in [2.05, 4.69) is 9.88 Å². The summed E-state index contributed by atoms with van der Waals surface area (Å²) in [5.41, 5.74) is 6.35. The predicted molar refractivity (Wildman–Crippen MR) is 80.1 cm³/mol. The van der Waals surface area contributed by atoms with Gasteiger partial charge in [0, 0.05) is 31.9 Å². The van der Waals surface area contributed by atoms with Gasteiger partial charge in [-0.25, -0.2) is 13.4 Å². The van der Waals surface area contributed by atoms with Crippen molar-refractivity contribution in [2.24, 2.45) is 5.73 Å². The maximum absolute atomic E-state index is 12.6. The topological polar surface area (TPSA) is 79.5 Å². The Morgan fingerprint density at radius 2 is 2.00 bits per heavy atom. The summed E-state index contributed by atoms with van der Waals surface area (Å²) in [6.07, 6.45) is 4.91. The SMILES string of the molecule is NCc1ccc(S(=O)(=O)N2CCC(N3CCCC3)C2)nc1.